The summed E-state index contributed by atoms with van der Waals surface area (Å²) in [4.78, 5) is 23.1. The van der Waals surface area contributed by atoms with Crippen LogP contribution in [0.25, 0.3) is 0 Å². The first-order chi connectivity index (χ1) is 8.95. The second-order valence-electron chi connectivity index (χ2n) is 4.47. The molecule has 0 saturated carbocycles. The van der Waals surface area contributed by atoms with Crippen molar-refractivity contribution in [3.05, 3.63) is 33.8 Å². The van der Waals surface area contributed by atoms with Gasteiger partial charge in [0, 0.05) is 10.0 Å². The van der Waals surface area contributed by atoms with Gasteiger partial charge in [0.05, 0.1) is 0 Å². The number of amides is 1. The van der Waals surface area contributed by atoms with Crippen LogP contribution >= 0.6 is 15.9 Å². The van der Waals surface area contributed by atoms with E-state index in [-0.39, 0.29) is 5.91 Å². The van der Waals surface area contributed by atoms with Gasteiger partial charge in [0.15, 0.2) is 0 Å². The predicted molar refractivity (Wildman–Crippen MR) is 77.3 cm³/mol. The number of unbranched alkanes of at least 4 members (excludes halogenated alkanes) is 1. The molecule has 0 bridgehead atoms. The fourth-order valence-electron chi connectivity index (χ4n) is 1.64. The summed E-state index contributed by atoms with van der Waals surface area (Å²) in [5, 5.41) is 11.6. The summed E-state index contributed by atoms with van der Waals surface area (Å²) in [7, 11) is 0. The molecule has 1 amide bonds. The van der Waals surface area contributed by atoms with Crippen molar-refractivity contribution < 1.29 is 14.7 Å². The largest absolute Gasteiger partial charge is 0.480 e. The molecule has 4 nitrogen and oxygen atoms in total. The summed E-state index contributed by atoms with van der Waals surface area (Å²) >= 11 is 3.36. The molecular weight excluding hydrogens is 310 g/mol. The average Bonchev–Trinajstić information content (AvgIpc) is 2.37. The number of benzene rings is 1. The van der Waals surface area contributed by atoms with Crippen LogP contribution in [-0.2, 0) is 4.79 Å². The van der Waals surface area contributed by atoms with Crippen molar-refractivity contribution in [1.29, 1.82) is 0 Å². The Bertz CT molecular complexity index is 474. The van der Waals surface area contributed by atoms with Crippen LogP contribution in [0.4, 0.5) is 0 Å². The lowest BCUT2D eigenvalue weighted by Gasteiger charge is -2.14. The van der Waals surface area contributed by atoms with E-state index in [0.29, 0.717) is 12.0 Å². The predicted octanol–water partition coefficient (Wildman–Crippen LogP) is 3.13. The van der Waals surface area contributed by atoms with Crippen LogP contribution in [0.15, 0.2) is 22.7 Å². The Morgan fingerprint density at radius 1 is 1.42 bits per heavy atom. The zero-order valence-electron chi connectivity index (χ0n) is 11.1. The smallest absolute Gasteiger partial charge is 0.326 e. The van der Waals surface area contributed by atoms with Gasteiger partial charge < -0.3 is 10.4 Å². The van der Waals surface area contributed by atoms with Gasteiger partial charge >= 0.3 is 5.97 Å². The molecule has 0 aliphatic rings. The van der Waals surface area contributed by atoms with E-state index in [1.54, 1.807) is 12.1 Å². The van der Waals surface area contributed by atoms with Crippen molar-refractivity contribution >= 4 is 27.8 Å². The van der Waals surface area contributed by atoms with E-state index in [9.17, 15) is 9.59 Å². The van der Waals surface area contributed by atoms with Crippen molar-refractivity contribution in [1.82, 2.24) is 5.32 Å². The lowest BCUT2D eigenvalue weighted by atomic mass is 10.1. The maximum atomic E-state index is 12.0. The van der Waals surface area contributed by atoms with Gasteiger partial charge in [0.25, 0.3) is 5.91 Å². The van der Waals surface area contributed by atoms with Crippen molar-refractivity contribution in [2.75, 3.05) is 0 Å². The second kappa shape index (κ2) is 7.28. The topological polar surface area (TPSA) is 66.4 Å². The van der Waals surface area contributed by atoms with Crippen LogP contribution in [0.2, 0.25) is 0 Å². The first kappa shape index (κ1) is 15.7. The highest BCUT2D eigenvalue weighted by molar-refractivity contribution is 9.10. The molecule has 0 heterocycles. The number of hydrogen-bond acceptors (Lipinski definition) is 2. The third kappa shape index (κ3) is 4.67. The fourth-order valence-corrected chi connectivity index (χ4v) is 2.02. The molecule has 5 heteroatoms. The second-order valence-corrected chi connectivity index (χ2v) is 5.32. The van der Waals surface area contributed by atoms with E-state index in [4.69, 9.17) is 5.11 Å². The molecule has 1 aromatic rings. The summed E-state index contributed by atoms with van der Waals surface area (Å²) in [6, 6.07) is 4.38. The Balaban J connectivity index is 2.75. The molecule has 1 rings (SSSR count). The quantitative estimate of drug-likeness (QED) is 0.843. The van der Waals surface area contributed by atoms with Crippen molar-refractivity contribution in [3.63, 3.8) is 0 Å². The number of carbonyl (C=O) groups excluding carboxylic acids is 1. The van der Waals surface area contributed by atoms with Gasteiger partial charge in [-0.05, 0) is 31.0 Å². The molecule has 0 aliphatic heterocycles. The molecule has 1 unspecified atom stereocenters. The van der Waals surface area contributed by atoms with E-state index in [2.05, 4.69) is 21.2 Å². The summed E-state index contributed by atoms with van der Waals surface area (Å²) in [6.45, 7) is 3.91. The number of aliphatic carboxylic acids is 1. The van der Waals surface area contributed by atoms with E-state index in [0.717, 1.165) is 22.9 Å². The van der Waals surface area contributed by atoms with Gasteiger partial charge in [-0.15, -0.1) is 0 Å². The number of rotatable bonds is 6. The number of halogens is 1. The highest BCUT2D eigenvalue weighted by Gasteiger charge is 2.20. The third-order valence-electron chi connectivity index (χ3n) is 2.88. The minimum absolute atomic E-state index is 0.357. The first-order valence-electron chi connectivity index (χ1n) is 6.25. The zero-order chi connectivity index (χ0) is 14.4. The van der Waals surface area contributed by atoms with Crippen LogP contribution in [0.3, 0.4) is 0 Å². The molecule has 1 aromatic carbocycles. The average molecular weight is 328 g/mol. The Kier molecular flexibility index (Phi) is 6.02. The maximum absolute atomic E-state index is 12.0. The number of hydrogen-bond donors (Lipinski definition) is 2. The normalized spacial score (nSPS) is 11.9. The first-order valence-corrected chi connectivity index (χ1v) is 7.04. The molecule has 104 valence electrons. The lowest BCUT2D eigenvalue weighted by Crippen LogP contribution is -2.40. The highest BCUT2D eigenvalue weighted by Crippen LogP contribution is 2.17. The van der Waals surface area contributed by atoms with E-state index < -0.39 is 12.0 Å². The van der Waals surface area contributed by atoms with E-state index in [1.807, 2.05) is 19.9 Å². The minimum Gasteiger partial charge on any atom is -0.480 e. The van der Waals surface area contributed by atoms with Crippen LogP contribution in [0.5, 0.6) is 0 Å². The highest BCUT2D eigenvalue weighted by atomic mass is 79.9. The van der Waals surface area contributed by atoms with Gasteiger partial charge in [-0.1, -0.05) is 41.8 Å². The number of nitrogens with one attached hydrogen (secondary N) is 1. The Morgan fingerprint density at radius 2 is 2.11 bits per heavy atom. The van der Waals surface area contributed by atoms with Crippen molar-refractivity contribution in [2.24, 2.45) is 0 Å². The van der Waals surface area contributed by atoms with Gasteiger partial charge in [-0.2, -0.15) is 0 Å². The standard InChI is InChI=1S/C14H18BrNO3/c1-3-4-5-12(14(18)19)16-13(17)10-7-6-9(2)11(15)8-10/h6-8,12H,3-5H2,1-2H3,(H,16,17)(H,18,19). The molecule has 0 spiro atoms. The molecule has 19 heavy (non-hydrogen) atoms. The number of carboxylic acid groups (broad SMARTS) is 1. The molecule has 1 atom stereocenters. The molecule has 0 radical (unpaired) electrons. The van der Waals surface area contributed by atoms with Gasteiger partial charge in [-0.25, -0.2) is 4.79 Å². The van der Waals surface area contributed by atoms with Gasteiger partial charge in [0.1, 0.15) is 6.04 Å². The lowest BCUT2D eigenvalue weighted by molar-refractivity contribution is -0.139. The molecule has 0 saturated heterocycles. The molecule has 2 N–H and O–H groups in total. The third-order valence-corrected chi connectivity index (χ3v) is 3.74. The maximum Gasteiger partial charge on any atom is 0.326 e. The fraction of sp³-hybridized carbons (Fsp3) is 0.429. The van der Waals surface area contributed by atoms with Gasteiger partial charge in [-0.3, -0.25) is 4.79 Å². The summed E-state index contributed by atoms with van der Waals surface area (Å²) in [6.07, 6.45) is 2.12. The Hall–Kier alpha value is -1.36. The van der Waals surface area contributed by atoms with Crippen LogP contribution < -0.4 is 5.32 Å². The van der Waals surface area contributed by atoms with Crippen molar-refractivity contribution in [2.45, 2.75) is 39.2 Å². The number of carboxylic acids is 1. The molecule has 0 aromatic heterocycles. The summed E-state index contributed by atoms with van der Waals surface area (Å²) in [5.41, 5.74) is 1.48. The Morgan fingerprint density at radius 3 is 2.63 bits per heavy atom. The van der Waals surface area contributed by atoms with Crippen LogP contribution in [0, 0.1) is 6.92 Å². The minimum atomic E-state index is -0.993. The summed E-state index contributed by atoms with van der Waals surface area (Å²) in [5.74, 6) is -1.35. The van der Waals surface area contributed by atoms with Crippen molar-refractivity contribution in [3.8, 4) is 0 Å². The zero-order valence-corrected chi connectivity index (χ0v) is 12.7. The van der Waals surface area contributed by atoms with Gasteiger partial charge in [0.2, 0.25) is 0 Å². The van der Waals surface area contributed by atoms with E-state index in [1.165, 1.54) is 0 Å². The summed E-state index contributed by atoms with van der Waals surface area (Å²) < 4.78 is 0.834. The van der Waals surface area contributed by atoms with Crippen LogP contribution in [-0.4, -0.2) is 23.0 Å². The van der Waals surface area contributed by atoms with Crippen LogP contribution in [0.1, 0.15) is 42.1 Å². The Labute approximate surface area is 121 Å². The SMILES string of the molecule is CCCCC(NC(=O)c1ccc(C)c(Br)c1)C(=O)O. The number of carbonyl (C=O) groups is 2. The molecule has 0 aliphatic carbocycles. The molecule has 0 fully saturated rings. The number of aryl methyl sites for hydroxylation is 1. The monoisotopic (exact) mass is 327 g/mol. The van der Waals surface area contributed by atoms with E-state index >= 15 is 0 Å². The molecular formula is C14H18BrNO3.